The summed E-state index contributed by atoms with van der Waals surface area (Å²) in [5.74, 6) is 0.572. The number of pyridine rings is 1. The maximum atomic E-state index is 9.13. The van der Waals surface area contributed by atoms with Gasteiger partial charge in [-0.15, -0.1) is 0 Å². The van der Waals surface area contributed by atoms with E-state index < -0.39 is 0 Å². The summed E-state index contributed by atoms with van der Waals surface area (Å²) in [6, 6.07) is 12.1. The number of hydrogen-bond donors (Lipinski definition) is 1. The van der Waals surface area contributed by atoms with E-state index in [1.807, 2.05) is 37.3 Å². The second kappa shape index (κ2) is 5.52. The Hall–Kier alpha value is -2.05. The molecule has 0 aliphatic carbocycles. The summed E-state index contributed by atoms with van der Waals surface area (Å²) in [5, 5.41) is 12.8. The van der Waals surface area contributed by atoms with Gasteiger partial charge in [0, 0.05) is 12.7 Å². The first-order valence-electron chi connectivity index (χ1n) is 5.55. The van der Waals surface area contributed by atoms with Gasteiger partial charge in [0.05, 0.1) is 10.6 Å². The molecule has 2 rings (SSSR count). The van der Waals surface area contributed by atoms with E-state index in [4.69, 9.17) is 16.9 Å². The van der Waals surface area contributed by atoms with Crippen molar-refractivity contribution in [2.24, 2.45) is 0 Å². The van der Waals surface area contributed by atoms with Crippen LogP contribution in [0, 0.1) is 18.3 Å². The van der Waals surface area contributed by atoms with E-state index in [1.165, 1.54) is 0 Å². The summed E-state index contributed by atoms with van der Waals surface area (Å²) in [6.45, 7) is 2.44. The molecule has 1 aromatic heterocycles. The van der Waals surface area contributed by atoms with Crippen molar-refractivity contribution in [3.05, 3.63) is 58.2 Å². The van der Waals surface area contributed by atoms with Gasteiger partial charge in [-0.3, -0.25) is 0 Å². The molecule has 1 N–H and O–H groups in total. The van der Waals surface area contributed by atoms with Gasteiger partial charge >= 0.3 is 0 Å². The van der Waals surface area contributed by atoms with Gasteiger partial charge in [-0.25, -0.2) is 4.98 Å². The first-order chi connectivity index (χ1) is 8.72. The minimum absolute atomic E-state index is 0.499. The molecule has 4 heteroatoms. The average Bonchev–Trinajstić information content (AvgIpc) is 2.41. The molecule has 0 bridgehead atoms. The highest BCUT2D eigenvalue weighted by molar-refractivity contribution is 6.31. The number of benzene rings is 1. The molecule has 0 fully saturated rings. The zero-order valence-corrected chi connectivity index (χ0v) is 10.7. The van der Waals surface area contributed by atoms with Crippen LogP contribution in [0.4, 0.5) is 5.82 Å². The molecular formula is C14H12ClN3. The molecule has 1 aromatic carbocycles. The second-order valence-electron chi connectivity index (χ2n) is 3.91. The fourth-order valence-electron chi connectivity index (χ4n) is 1.63. The molecule has 1 heterocycles. The van der Waals surface area contributed by atoms with Crippen molar-refractivity contribution in [2.75, 3.05) is 5.32 Å². The highest BCUT2D eigenvalue weighted by atomic mass is 35.5. The van der Waals surface area contributed by atoms with Gasteiger partial charge in [0.1, 0.15) is 11.9 Å². The summed E-state index contributed by atoms with van der Waals surface area (Å²) < 4.78 is 0. The molecule has 0 spiro atoms. The number of anilines is 1. The Morgan fingerprint density at radius 3 is 2.72 bits per heavy atom. The predicted octanol–water partition coefficient (Wildman–Crippen LogP) is 3.53. The molecule has 0 radical (unpaired) electrons. The lowest BCUT2D eigenvalue weighted by Gasteiger charge is -2.09. The molecular weight excluding hydrogens is 246 g/mol. The number of nitriles is 1. The van der Waals surface area contributed by atoms with Gasteiger partial charge < -0.3 is 5.32 Å². The van der Waals surface area contributed by atoms with Crippen molar-refractivity contribution < 1.29 is 0 Å². The van der Waals surface area contributed by atoms with Crippen molar-refractivity contribution in [1.29, 1.82) is 5.26 Å². The van der Waals surface area contributed by atoms with Gasteiger partial charge in [0.25, 0.3) is 0 Å². The van der Waals surface area contributed by atoms with E-state index in [2.05, 4.69) is 16.4 Å². The molecule has 0 aliphatic heterocycles. The highest BCUT2D eigenvalue weighted by Crippen LogP contribution is 2.23. The smallest absolute Gasteiger partial charge is 0.144 e. The summed E-state index contributed by atoms with van der Waals surface area (Å²) in [7, 11) is 0. The molecule has 0 amide bonds. The van der Waals surface area contributed by atoms with Gasteiger partial charge in [-0.2, -0.15) is 5.26 Å². The molecule has 90 valence electrons. The number of nitrogens with one attached hydrogen (secondary N) is 1. The number of halogens is 1. The van der Waals surface area contributed by atoms with Crippen LogP contribution in [-0.4, -0.2) is 4.98 Å². The van der Waals surface area contributed by atoms with E-state index in [-0.39, 0.29) is 0 Å². The first-order valence-corrected chi connectivity index (χ1v) is 5.93. The predicted molar refractivity (Wildman–Crippen MR) is 72.5 cm³/mol. The van der Waals surface area contributed by atoms with Crippen LogP contribution in [0.1, 0.15) is 16.7 Å². The minimum atomic E-state index is 0.499. The lowest BCUT2D eigenvalue weighted by atomic mass is 10.1. The van der Waals surface area contributed by atoms with Crippen LogP contribution < -0.4 is 5.32 Å². The number of hydrogen-bond acceptors (Lipinski definition) is 3. The van der Waals surface area contributed by atoms with E-state index in [1.54, 1.807) is 6.20 Å². The number of nitrogens with zero attached hydrogens (tertiary/aromatic N) is 2. The normalized spacial score (nSPS) is 9.83. The number of aromatic nitrogens is 1. The Balaban J connectivity index is 2.21. The van der Waals surface area contributed by atoms with Gasteiger partial charge in [0.15, 0.2) is 0 Å². The van der Waals surface area contributed by atoms with Crippen LogP contribution in [-0.2, 0) is 6.54 Å². The van der Waals surface area contributed by atoms with Crippen LogP contribution in [0.25, 0.3) is 0 Å². The zero-order chi connectivity index (χ0) is 13.0. The zero-order valence-electron chi connectivity index (χ0n) is 9.94. The van der Waals surface area contributed by atoms with Crippen LogP contribution in [0.2, 0.25) is 5.02 Å². The lowest BCUT2D eigenvalue weighted by molar-refractivity contribution is 1.10. The number of rotatable bonds is 3. The maximum Gasteiger partial charge on any atom is 0.144 e. The molecule has 0 atom stereocenters. The minimum Gasteiger partial charge on any atom is -0.365 e. The standard InChI is InChI=1S/C14H12ClN3/c1-10-12(7-16)14(18-9-13(10)15)17-8-11-5-3-2-4-6-11/h2-6,9H,8H2,1H3,(H,17,18). The maximum absolute atomic E-state index is 9.13. The van der Waals surface area contributed by atoms with E-state index in [0.29, 0.717) is 22.9 Å². The summed E-state index contributed by atoms with van der Waals surface area (Å²) in [4.78, 5) is 4.16. The molecule has 0 aliphatic rings. The van der Waals surface area contributed by atoms with Gasteiger partial charge in [0.2, 0.25) is 0 Å². The largest absolute Gasteiger partial charge is 0.365 e. The van der Waals surface area contributed by atoms with Crippen LogP contribution in [0.5, 0.6) is 0 Å². The Morgan fingerprint density at radius 1 is 1.33 bits per heavy atom. The van der Waals surface area contributed by atoms with Crippen molar-refractivity contribution >= 4 is 17.4 Å². The summed E-state index contributed by atoms with van der Waals surface area (Å²) in [6.07, 6.45) is 1.56. The quantitative estimate of drug-likeness (QED) is 0.915. The highest BCUT2D eigenvalue weighted by Gasteiger charge is 2.09. The average molecular weight is 258 g/mol. The van der Waals surface area contributed by atoms with Gasteiger partial charge in [-0.05, 0) is 18.1 Å². The molecule has 0 saturated carbocycles. The molecule has 0 unspecified atom stereocenters. The third kappa shape index (κ3) is 2.61. The van der Waals surface area contributed by atoms with Crippen molar-refractivity contribution in [3.8, 4) is 6.07 Å². The fourth-order valence-corrected chi connectivity index (χ4v) is 1.78. The monoisotopic (exact) mass is 257 g/mol. The third-order valence-electron chi connectivity index (χ3n) is 2.69. The molecule has 3 nitrogen and oxygen atoms in total. The van der Waals surface area contributed by atoms with Crippen LogP contribution in [0.3, 0.4) is 0 Å². The molecule has 0 saturated heterocycles. The Kier molecular flexibility index (Phi) is 3.81. The fraction of sp³-hybridized carbons (Fsp3) is 0.143. The topological polar surface area (TPSA) is 48.7 Å². The van der Waals surface area contributed by atoms with Crippen LogP contribution in [0.15, 0.2) is 36.5 Å². The Morgan fingerprint density at radius 2 is 2.06 bits per heavy atom. The molecule has 18 heavy (non-hydrogen) atoms. The Bertz CT molecular complexity index is 588. The summed E-state index contributed by atoms with van der Waals surface area (Å²) >= 11 is 5.94. The van der Waals surface area contributed by atoms with Crippen molar-refractivity contribution in [2.45, 2.75) is 13.5 Å². The van der Waals surface area contributed by atoms with E-state index in [0.717, 1.165) is 11.1 Å². The SMILES string of the molecule is Cc1c(Cl)cnc(NCc2ccccc2)c1C#N. The molecule has 2 aromatic rings. The first kappa shape index (κ1) is 12.4. The second-order valence-corrected chi connectivity index (χ2v) is 4.31. The summed E-state index contributed by atoms with van der Waals surface area (Å²) in [5.41, 5.74) is 2.39. The van der Waals surface area contributed by atoms with Crippen LogP contribution >= 0.6 is 11.6 Å². The van der Waals surface area contributed by atoms with Crippen molar-refractivity contribution in [1.82, 2.24) is 4.98 Å². The van der Waals surface area contributed by atoms with Gasteiger partial charge in [-0.1, -0.05) is 41.9 Å². The Labute approximate surface area is 111 Å². The lowest BCUT2D eigenvalue weighted by Crippen LogP contribution is -2.04. The third-order valence-corrected chi connectivity index (χ3v) is 3.07. The van der Waals surface area contributed by atoms with Crippen molar-refractivity contribution in [3.63, 3.8) is 0 Å². The van der Waals surface area contributed by atoms with E-state index in [9.17, 15) is 0 Å². The van der Waals surface area contributed by atoms with E-state index >= 15 is 0 Å².